The van der Waals surface area contributed by atoms with Crippen LogP contribution >= 0.6 is 0 Å². The standard InChI is InChI=1S/C20H14N2O4/c23-20-17-4-2-1-3-13(17)12-26-19-11-15(7-10-18(19)20)21-14-5-8-16(9-6-14)22(24)25/h1-11,21H,12H2. The summed E-state index contributed by atoms with van der Waals surface area (Å²) in [6.45, 7) is 0.329. The minimum Gasteiger partial charge on any atom is -0.488 e. The van der Waals surface area contributed by atoms with Crippen LogP contribution < -0.4 is 10.1 Å². The predicted octanol–water partition coefficient (Wildman–Crippen LogP) is 4.46. The molecule has 0 saturated heterocycles. The summed E-state index contributed by atoms with van der Waals surface area (Å²) >= 11 is 0. The number of ether oxygens (including phenoxy) is 1. The number of non-ortho nitro benzene ring substituents is 1. The average molecular weight is 346 g/mol. The van der Waals surface area contributed by atoms with Gasteiger partial charge >= 0.3 is 0 Å². The maximum atomic E-state index is 12.7. The largest absolute Gasteiger partial charge is 0.488 e. The quantitative estimate of drug-likeness (QED) is 0.559. The smallest absolute Gasteiger partial charge is 0.269 e. The number of nitrogens with one attached hydrogen (secondary N) is 1. The van der Waals surface area contributed by atoms with Crippen molar-refractivity contribution in [2.24, 2.45) is 0 Å². The summed E-state index contributed by atoms with van der Waals surface area (Å²) < 4.78 is 5.82. The second-order valence-electron chi connectivity index (χ2n) is 5.91. The van der Waals surface area contributed by atoms with E-state index in [1.54, 1.807) is 36.4 Å². The van der Waals surface area contributed by atoms with Gasteiger partial charge in [-0.15, -0.1) is 0 Å². The Morgan fingerprint density at radius 1 is 0.923 bits per heavy atom. The molecule has 0 unspecified atom stereocenters. The molecule has 0 atom stereocenters. The fourth-order valence-electron chi connectivity index (χ4n) is 2.91. The summed E-state index contributed by atoms with van der Waals surface area (Å²) in [5.41, 5.74) is 3.50. The Labute approximate surface area is 149 Å². The third kappa shape index (κ3) is 2.88. The Kier molecular flexibility index (Phi) is 3.85. The van der Waals surface area contributed by atoms with Crippen LogP contribution in [0.5, 0.6) is 5.75 Å². The van der Waals surface area contributed by atoms with E-state index in [4.69, 9.17) is 4.74 Å². The lowest BCUT2D eigenvalue weighted by molar-refractivity contribution is -0.384. The van der Waals surface area contributed by atoms with Crippen molar-refractivity contribution in [3.8, 4) is 5.75 Å². The van der Waals surface area contributed by atoms with Crippen LogP contribution in [0.1, 0.15) is 21.5 Å². The normalized spacial score (nSPS) is 12.4. The summed E-state index contributed by atoms with van der Waals surface area (Å²) in [7, 11) is 0. The number of hydrogen-bond acceptors (Lipinski definition) is 5. The molecule has 0 aromatic heterocycles. The highest BCUT2D eigenvalue weighted by Crippen LogP contribution is 2.32. The minimum absolute atomic E-state index is 0.0316. The van der Waals surface area contributed by atoms with Gasteiger partial charge in [0.05, 0.1) is 10.5 Å². The van der Waals surface area contributed by atoms with E-state index in [1.807, 2.05) is 18.2 Å². The SMILES string of the molecule is O=C1c2ccccc2COc2cc(Nc3ccc([N+](=O)[O-])cc3)ccc21. The van der Waals surface area contributed by atoms with E-state index in [0.29, 0.717) is 29.2 Å². The van der Waals surface area contributed by atoms with Gasteiger partial charge in [-0.1, -0.05) is 24.3 Å². The van der Waals surface area contributed by atoms with Crippen molar-refractivity contribution < 1.29 is 14.5 Å². The summed E-state index contributed by atoms with van der Waals surface area (Å²) in [5, 5.41) is 13.9. The van der Waals surface area contributed by atoms with E-state index >= 15 is 0 Å². The fraction of sp³-hybridized carbons (Fsp3) is 0.0500. The first kappa shape index (κ1) is 15.8. The monoisotopic (exact) mass is 346 g/mol. The molecule has 1 aliphatic heterocycles. The van der Waals surface area contributed by atoms with E-state index < -0.39 is 4.92 Å². The van der Waals surface area contributed by atoms with Crippen molar-refractivity contribution in [1.82, 2.24) is 0 Å². The second kappa shape index (κ2) is 6.33. The Morgan fingerprint density at radius 2 is 1.65 bits per heavy atom. The van der Waals surface area contributed by atoms with Crippen molar-refractivity contribution in [2.75, 3.05) is 5.32 Å². The lowest BCUT2D eigenvalue weighted by Gasteiger charge is -2.11. The second-order valence-corrected chi connectivity index (χ2v) is 5.91. The van der Waals surface area contributed by atoms with E-state index in [9.17, 15) is 14.9 Å². The highest BCUT2D eigenvalue weighted by Gasteiger charge is 2.22. The summed E-state index contributed by atoms with van der Waals surface area (Å²) in [4.78, 5) is 23.0. The molecule has 3 aromatic carbocycles. The van der Waals surface area contributed by atoms with E-state index in [0.717, 1.165) is 11.3 Å². The minimum atomic E-state index is -0.441. The number of anilines is 2. The molecule has 0 aliphatic carbocycles. The van der Waals surface area contributed by atoms with Gasteiger partial charge in [-0.3, -0.25) is 14.9 Å². The zero-order valence-corrected chi connectivity index (χ0v) is 13.6. The van der Waals surface area contributed by atoms with Crippen molar-refractivity contribution in [3.63, 3.8) is 0 Å². The van der Waals surface area contributed by atoms with Crippen LogP contribution in [0.25, 0.3) is 0 Å². The van der Waals surface area contributed by atoms with Gasteiger partial charge in [-0.05, 0) is 24.3 Å². The third-order valence-electron chi connectivity index (χ3n) is 4.24. The molecule has 1 N–H and O–H groups in total. The number of ketones is 1. The Balaban J connectivity index is 1.62. The highest BCUT2D eigenvalue weighted by molar-refractivity contribution is 6.12. The highest BCUT2D eigenvalue weighted by atomic mass is 16.6. The number of hydrogen-bond donors (Lipinski definition) is 1. The molecule has 1 heterocycles. The number of carbonyl (C=O) groups is 1. The van der Waals surface area contributed by atoms with Gasteiger partial charge in [0.15, 0.2) is 5.78 Å². The van der Waals surface area contributed by atoms with E-state index in [1.165, 1.54) is 12.1 Å². The summed E-state index contributed by atoms with van der Waals surface area (Å²) in [5.74, 6) is 0.452. The zero-order chi connectivity index (χ0) is 18.1. The van der Waals surface area contributed by atoms with Crippen LogP contribution in [0.15, 0.2) is 66.7 Å². The number of nitro benzene ring substituents is 1. The van der Waals surface area contributed by atoms with Crippen LogP contribution in [0.3, 0.4) is 0 Å². The average Bonchev–Trinajstić information content (AvgIpc) is 2.79. The first-order valence-corrected chi connectivity index (χ1v) is 8.03. The lowest BCUT2D eigenvalue weighted by atomic mass is 9.99. The van der Waals surface area contributed by atoms with Gasteiger partial charge in [-0.2, -0.15) is 0 Å². The van der Waals surface area contributed by atoms with Gasteiger partial charge in [0, 0.05) is 40.7 Å². The molecule has 3 aromatic rings. The molecule has 1 aliphatic rings. The molecule has 128 valence electrons. The molecule has 0 radical (unpaired) electrons. The fourth-order valence-corrected chi connectivity index (χ4v) is 2.91. The van der Waals surface area contributed by atoms with Gasteiger partial charge < -0.3 is 10.1 Å². The molecule has 4 rings (SSSR count). The number of nitro groups is 1. The molecule has 6 nitrogen and oxygen atoms in total. The zero-order valence-electron chi connectivity index (χ0n) is 13.6. The molecule has 26 heavy (non-hydrogen) atoms. The van der Waals surface area contributed by atoms with Crippen LogP contribution in [-0.2, 0) is 6.61 Å². The number of carbonyl (C=O) groups excluding carboxylic acids is 1. The van der Waals surface area contributed by atoms with Gasteiger partial charge in [-0.25, -0.2) is 0 Å². The summed E-state index contributed by atoms with van der Waals surface area (Å²) in [6, 6.07) is 18.8. The molecule has 6 heteroatoms. The number of nitrogens with zero attached hydrogens (tertiary/aromatic N) is 1. The van der Waals surface area contributed by atoms with Gasteiger partial charge in [0.25, 0.3) is 5.69 Å². The van der Waals surface area contributed by atoms with Crippen molar-refractivity contribution >= 4 is 22.8 Å². The molecule has 0 amide bonds. The molecular formula is C20H14N2O4. The maximum Gasteiger partial charge on any atom is 0.269 e. The Morgan fingerprint density at radius 3 is 2.42 bits per heavy atom. The molecule has 0 spiro atoms. The third-order valence-corrected chi connectivity index (χ3v) is 4.24. The van der Waals surface area contributed by atoms with Gasteiger partial charge in [0.2, 0.25) is 0 Å². The predicted molar refractivity (Wildman–Crippen MR) is 97.0 cm³/mol. The van der Waals surface area contributed by atoms with Crippen LogP contribution in [0, 0.1) is 10.1 Å². The van der Waals surface area contributed by atoms with Crippen molar-refractivity contribution in [1.29, 1.82) is 0 Å². The molecule has 0 fully saturated rings. The summed E-state index contributed by atoms with van der Waals surface area (Å²) in [6.07, 6.45) is 0. The lowest BCUT2D eigenvalue weighted by Crippen LogP contribution is -2.02. The van der Waals surface area contributed by atoms with Crippen LogP contribution in [0.2, 0.25) is 0 Å². The molecule has 0 saturated carbocycles. The van der Waals surface area contributed by atoms with E-state index in [-0.39, 0.29) is 11.5 Å². The van der Waals surface area contributed by atoms with Gasteiger partial charge in [0.1, 0.15) is 12.4 Å². The number of fused-ring (bicyclic) bond motifs is 2. The van der Waals surface area contributed by atoms with Crippen LogP contribution in [-0.4, -0.2) is 10.7 Å². The van der Waals surface area contributed by atoms with E-state index in [2.05, 4.69) is 5.32 Å². The molecular weight excluding hydrogens is 332 g/mol. The first-order valence-electron chi connectivity index (χ1n) is 8.03. The molecule has 0 bridgehead atoms. The van der Waals surface area contributed by atoms with Crippen molar-refractivity contribution in [3.05, 3.63) is 93.5 Å². The van der Waals surface area contributed by atoms with Crippen molar-refractivity contribution in [2.45, 2.75) is 6.61 Å². The maximum absolute atomic E-state index is 12.7. The Bertz CT molecular complexity index is 1010. The first-order chi connectivity index (χ1) is 12.6. The number of benzene rings is 3. The number of rotatable bonds is 3. The topological polar surface area (TPSA) is 81.5 Å². The van der Waals surface area contributed by atoms with Crippen LogP contribution in [0.4, 0.5) is 17.1 Å². The Hall–Kier alpha value is -3.67.